The largest absolute Gasteiger partial charge is 0.325 e. The summed E-state index contributed by atoms with van der Waals surface area (Å²) in [5.41, 5.74) is 2.99. The molecule has 1 amide bonds. The van der Waals surface area contributed by atoms with Crippen LogP contribution in [0.2, 0.25) is 0 Å². The number of amides is 1. The highest BCUT2D eigenvalue weighted by Gasteiger charge is 2.15. The number of benzene rings is 1. The molecule has 0 saturated heterocycles. The van der Waals surface area contributed by atoms with E-state index in [2.05, 4.69) is 44.4 Å². The number of fused-ring (bicyclic) bond motifs is 3. The number of anilines is 1. The number of aryl methyl sites for hydroxylation is 1. The first kappa shape index (κ1) is 18.3. The molecule has 138 valence electrons. The molecular weight excluding hydrogens is 396 g/mol. The summed E-state index contributed by atoms with van der Waals surface area (Å²) < 4.78 is 3.36. The maximum Gasteiger partial charge on any atom is 0.234 e. The van der Waals surface area contributed by atoms with Crippen LogP contribution in [0.1, 0.15) is 12.7 Å². The molecule has 0 spiro atoms. The molecule has 0 aliphatic heterocycles. The molecule has 0 radical (unpaired) electrons. The lowest BCUT2D eigenvalue weighted by Crippen LogP contribution is -2.14. The molecule has 27 heavy (non-hydrogen) atoms. The number of carbonyl (C=O) groups excluding carboxylic acids is 1. The lowest BCUT2D eigenvalue weighted by molar-refractivity contribution is -0.113. The molecule has 0 unspecified atom stereocenters. The minimum atomic E-state index is -0.0499. The third-order valence-electron chi connectivity index (χ3n) is 4.17. The van der Waals surface area contributed by atoms with Crippen LogP contribution in [0, 0.1) is 0 Å². The summed E-state index contributed by atoms with van der Waals surface area (Å²) in [5.74, 6) is 1.17. The van der Waals surface area contributed by atoms with Crippen molar-refractivity contribution in [2.45, 2.75) is 23.3 Å². The van der Waals surface area contributed by atoms with Crippen molar-refractivity contribution in [2.75, 3.05) is 17.3 Å². The van der Waals surface area contributed by atoms with E-state index in [4.69, 9.17) is 0 Å². The Balaban J connectivity index is 1.54. The molecule has 8 heteroatoms. The summed E-state index contributed by atoms with van der Waals surface area (Å²) in [6, 6.07) is 12.1. The lowest BCUT2D eigenvalue weighted by atomic mass is 10.3. The predicted octanol–water partition coefficient (Wildman–Crippen LogP) is 4.96. The van der Waals surface area contributed by atoms with E-state index in [-0.39, 0.29) is 11.7 Å². The number of hydrogen-bond donors (Lipinski definition) is 1. The number of carbonyl (C=O) groups is 1. The van der Waals surface area contributed by atoms with Crippen LogP contribution in [0.5, 0.6) is 0 Å². The Bertz CT molecular complexity index is 1120. The summed E-state index contributed by atoms with van der Waals surface area (Å²) in [5, 5.41) is 14.6. The minimum Gasteiger partial charge on any atom is -0.325 e. The van der Waals surface area contributed by atoms with Crippen LogP contribution in [0.25, 0.3) is 15.7 Å². The Morgan fingerprint density at radius 1 is 1.22 bits per heavy atom. The molecule has 0 fully saturated rings. The molecule has 4 rings (SSSR count). The summed E-state index contributed by atoms with van der Waals surface area (Å²) in [4.78, 5) is 13.5. The minimum absolute atomic E-state index is 0.0499. The van der Waals surface area contributed by atoms with Gasteiger partial charge in [0.2, 0.25) is 5.91 Å². The van der Waals surface area contributed by atoms with Gasteiger partial charge < -0.3 is 5.32 Å². The van der Waals surface area contributed by atoms with Crippen LogP contribution < -0.4 is 5.32 Å². The highest BCUT2D eigenvalue weighted by Crippen LogP contribution is 2.31. The molecule has 3 heterocycles. The van der Waals surface area contributed by atoms with Crippen molar-refractivity contribution >= 4 is 62.2 Å². The molecule has 0 aliphatic rings. The first-order valence-corrected chi connectivity index (χ1v) is 11.6. The summed E-state index contributed by atoms with van der Waals surface area (Å²) in [6.45, 7) is 2.07. The fourth-order valence-corrected chi connectivity index (χ4v) is 4.92. The molecule has 3 aromatic heterocycles. The molecule has 5 nitrogen and oxygen atoms in total. The topological polar surface area (TPSA) is 59.3 Å². The van der Waals surface area contributed by atoms with Gasteiger partial charge in [0.05, 0.1) is 21.5 Å². The smallest absolute Gasteiger partial charge is 0.234 e. The normalized spacial score (nSPS) is 11.3. The van der Waals surface area contributed by atoms with Gasteiger partial charge in [-0.15, -0.1) is 33.3 Å². The molecule has 0 atom stereocenters. The first-order valence-electron chi connectivity index (χ1n) is 8.50. The number of nitrogens with one attached hydrogen (secondary N) is 1. The van der Waals surface area contributed by atoms with Gasteiger partial charge in [-0.1, -0.05) is 24.8 Å². The van der Waals surface area contributed by atoms with Crippen LogP contribution in [0.4, 0.5) is 5.69 Å². The van der Waals surface area contributed by atoms with Gasteiger partial charge in [0.1, 0.15) is 10.9 Å². The second-order valence-electron chi connectivity index (χ2n) is 5.88. The van der Waals surface area contributed by atoms with Crippen LogP contribution in [-0.2, 0) is 11.2 Å². The van der Waals surface area contributed by atoms with Crippen molar-refractivity contribution in [3.8, 4) is 0 Å². The van der Waals surface area contributed by atoms with E-state index in [0.29, 0.717) is 0 Å². The fraction of sp³-hybridized carbons (Fsp3) is 0.211. The number of hydrogen-bond acceptors (Lipinski definition) is 6. The van der Waals surface area contributed by atoms with E-state index < -0.39 is 0 Å². The highest BCUT2D eigenvalue weighted by molar-refractivity contribution is 8.00. The second kappa shape index (κ2) is 7.92. The monoisotopic (exact) mass is 414 g/mol. The number of aromatic nitrogens is 3. The Kier molecular flexibility index (Phi) is 5.38. The highest BCUT2D eigenvalue weighted by atomic mass is 32.2. The average Bonchev–Trinajstić information content (AvgIpc) is 3.28. The Morgan fingerprint density at radius 3 is 2.93 bits per heavy atom. The molecule has 0 bridgehead atoms. The molecule has 0 aliphatic carbocycles. The van der Waals surface area contributed by atoms with Crippen molar-refractivity contribution in [2.24, 2.45) is 0 Å². The third kappa shape index (κ3) is 3.69. The number of thioether (sulfide) groups is 2. The van der Waals surface area contributed by atoms with E-state index in [1.54, 1.807) is 23.1 Å². The maximum absolute atomic E-state index is 12.4. The standard InChI is InChI=1S/C19H18N4OS3/c1-3-17-21-22-19(15-10-16-14(23(15)17)7-8-26-16)27-11-18(24)20-12-5-4-6-13(9-12)25-2/h4-10H,3,11H2,1-2H3,(H,20,24). The average molecular weight is 415 g/mol. The van der Waals surface area contributed by atoms with Crippen molar-refractivity contribution in [1.29, 1.82) is 0 Å². The van der Waals surface area contributed by atoms with Gasteiger partial charge in [0, 0.05) is 17.0 Å². The summed E-state index contributed by atoms with van der Waals surface area (Å²) in [7, 11) is 0. The summed E-state index contributed by atoms with van der Waals surface area (Å²) >= 11 is 4.77. The number of rotatable bonds is 6. The Morgan fingerprint density at radius 2 is 2.11 bits per heavy atom. The van der Waals surface area contributed by atoms with Crippen molar-refractivity contribution < 1.29 is 4.79 Å². The molecule has 4 aromatic rings. The van der Waals surface area contributed by atoms with Gasteiger partial charge in [0.25, 0.3) is 0 Å². The van der Waals surface area contributed by atoms with Gasteiger partial charge in [-0.05, 0) is 42.0 Å². The fourth-order valence-electron chi connectivity index (χ4n) is 2.92. The molecular formula is C19H18N4OS3. The third-order valence-corrected chi connectivity index (χ3v) is 6.72. The van der Waals surface area contributed by atoms with Crippen LogP contribution >= 0.6 is 34.9 Å². The maximum atomic E-state index is 12.4. The quantitative estimate of drug-likeness (QED) is 0.452. The second-order valence-corrected chi connectivity index (χ2v) is 8.67. The first-order chi connectivity index (χ1) is 13.2. The Labute approximate surface area is 169 Å². The van der Waals surface area contributed by atoms with Gasteiger partial charge in [0.15, 0.2) is 0 Å². The zero-order valence-electron chi connectivity index (χ0n) is 14.9. The van der Waals surface area contributed by atoms with E-state index in [1.807, 2.05) is 30.5 Å². The van der Waals surface area contributed by atoms with Crippen LogP contribution in [0.15, 0.2) is 51.7 Å². The number of nitrogens with zero attached hydrogens (tertiary/aromatic N) is 3. The molecule has 0 saturated carbocycles. The zero-order valence-corrected chi connectivity index (χ0v) is 17.4. The predicted molar refractivity (Wildman–Crippen MR) is 115 cm³/mol. The van der Waals surface area contributed by atoms with Gasteiger partial charge in [-0.2, -0.15) is 0 Å². The van der Waals surface area contributed by atoms with Gasteiger partial charge in [-0.25, -0.2) is 0 Å². The van der Waals surface area contributed by atoms with Crippen LogP contribution in [0.3, 0.4) is 0 Å². The molecule has 1 aromatic carbocycles. The van der Waals surface area contributed by atoms with E-state index in [9.17, 15) is 4.79 Å². The van der Waals surface area contributed by atoms with E-state index in [0.717, 1.165) is 38.9 Å². The zero-order chi connectivity index (χ0) is 18.8. The Hall–Kier alpha value is -2.03. The van der Waals surface area contributed by atoms with Crippen LogP contribution in [-0.4, -0.2) is 32.5 Å². The van der Waals surface area contributed by atoms with E-state index >= 15 is 0 Å². The van der Waals surface area contributed by atoms with Gasteiger partial charge in [-0.3, -0.25) is 9.20 Å². The number of thiophene rings is 1. The SMILES string of the molecule is CCc1nnc(SCC(=O)Nc2cccc(SC)c2)c2cc3sccc3n12. The molecule has 1 N–H and O–H groups in total. The van der Waals surface area contributed by atoms with E-state index in [1.165, 1.54) is 16.5 Å². The van der Waals surface area contributed by atoms with Crippen molar-refractivity contribution in [3.05, 3.63) is 47.6 Å². The lowest BCUT2D eigenvalue weighted by Gasteiger charge is -2.08. The van der Waals surface area contributed by atoms with Gasteiger partial charge >= 0.3 is 0 Å². The summed E-state index contributed by atoms with van der Waals surface area (Å²) in [6.07, 6.45) is 2.82. The van der Waals surface area contributed by atoms with Crippen molar-refractivity contribution in [3.63, 3.8) is 0 Å². The van der Waals surface area contributed by atoms with Crippen molar-refractivity contribution in [1.82, 2.24) is 14.6 Å².